The van der Waals surface area contributed by atoms with E-state index < -0.39 is 5.97 Å². The van der Waals surface area contributed by atoms with Crippen molar-refractivity contribution in [2.45, 2.75) is 281 Å². The van der Waals surface area contributed by atoms with Crippen LogP contribution < -0.4 is 20.9 Å². The number of ether oxygens (including phenoxy) is 3. The molecular formula is C87H115N7O13S4. The minimum absolute atomic E-state index is 0.000177. The number of carboxylic acid groups (broad SMARTS) is 1. The summed E-state index contributed by atoms with van der Waals surface area (Å²) in [4.78, 5) is 130. The van der Waals surface area contributed by atoms with Gasteiger partial charge in [0.2, 0.25) is 29.5 Å². The number of methoxy groups -OCH3 is 3. The Morgan fingerprint density at radius 1 is 0.432 bits per heavy atom. The van der Waals surface area contributed by atoms with Crippen molar-refractivity contribution in [3.63, 3.8) is 0 Å². The molecule has 6 aliphatic heterocycles. The molecular weight excluding hydrogens is 1480 g/mol. The molecule has 16 rings (SSSR count). The summed E-state index contributed by atoms with van der Waals surface area (Å²) in [5, 5.41) is 13.7. The molecule has 0 bridgehead atoms. The number of nitrogens with zero attached hydrogens (tertiary/aromatic N) is 5. The van der Waals surface area contributed by atoms with Gasteiger partial charge in [-0.3, -0.25) is 24.0 Å². The lowest BCUT2D eigenvalue weighted by atomic mass is 9.81. The Kier molecular flexibility index (Phi) is 27.7. The van der Waals surface area contributed by atoms with Crippen molar-refractivity contribution in [3.8, 4) is 0 Å². The molecule has 12 aliphatic rings. The van der Waals surface area contributed by atoms with Crippen LogP contribution in [0.1, 0.15) is 303 Å². The summed E-state index contributed by atoms with van der Waals surface area (Å²) in [7, 11) is 4.23. The highest BCUT2D eigenvalue weighted by Crippen LogP contribution is 2.47. The first kappa shape index (κ1) is 81.6. The number of aromatic carboxylic acids is 1. The minimum atomic E-state index is -0.953. The fourth-order valence-electron chi connectivity index (χ4n) is 19.2. The molecule has 600 valence electrons. The minimum Gasteiger partial charge on any atom is -0.477 e. The third kappa shape index (κ3) is 19.2. The number of esters is 3. The van der Waals surface area contributed by atoms with Crippen molar-refractivity contribution in [1.29, 1.82) is 0 Å². The molecule has 6 aliphatic carbocycles. The van der Waals surface area contributed by atoms with Crippen molar-refractivity contribution < 1.29 is 62.5 Å². The second-order valence-electron chi connectivity index (χ2n) is 33.0. The smallest absolute Gasteiger partial charge is 0.350 e. The second-order valence-corrected chi connectivity index (χ2v) is 37.2. The lowest BCUT2D eigenvalue weighted by Crippen LogP contribution is -2.52. The van der Waals surface area contributed by atoms with Crippen LogP contribution in [0, 0.1) is 23.7 Å². The molecule has 2 saturated carbocycles. The maximum Gasteiger partial charge on any atom is 0.350 e. The van der Waals surface area contributed by atoms with E-state index in [1.165, 1.54) is 132 Å². The van der Waals surface area contributed by atoms with Gasteiger partial charge in [0, 0.05) is 106 Å². The molecule has 0 radical (unpaired) electrons. The third-order valence-electron chi connectivity index (χ3n) is 25.6. The van der Waals surface area contributed by atoms with Crippen LogP contribution in [-0.2, 0) is 38.2 Å². The maximum absolute atomic E-state index is 14.2. The van der Waals surface area contributed by atoms with Crippen LogP contribution >= 0.6 is 45.3 Å². The molecule has 4 N–H and O–H groups in total. The summed E-state index contributed by atoms with van der Waals surface area (Å²) >= 11 is 5.77. The molecule has 0 spiro atoms. The van der Waals surface area contributed by atoms with E-state index in [1.54, 1.807) is 0 Å². The van der Waals surface area contributed by atoms with Gasteiger partial charge in [0.05, 0.1) is 44.1 Å². The summed E-state index contributed by atoms with van der Waals surface area (Å²) in [6.07, 6.45) is 44.4. The van der Waals surface area contributed by atoms with E-state index in [0.717, 1.165) is 199 Å². The van der Waals surface area contributed by atoms with Gasteiger partial charge < -0.3 is 54.9 Å². The summed E-state index contributed by atoms with van der Waals surface area (Å²) in [5.74, 6) is 0.344. The topological polar surface area (TPSA) is 256 Å². The number of rotatable bonds is 16. The Morgan fingerprint density at radius 3 is 1.21 bits per heavy atom. The van der Waals surface area contributed by atoms with Crippen molar-refractivity contribution in [3.05, 3.63) is 87.6 Å². The van der Waals surface area contributed by atoms with Crippen molar-refractivity contribution in [2.75, 3.05) is 61.8 Å². The van der Waals surface area contributed by atoms with Gasteiger partial charge in [-0.2, -0.15) is 0 Å². The predicted octanol–water partition coefficient (Wildman–Crippen LogP) is 18.7. The number of nitrogens with one attached hydrogen (secondary N) is 1. The molecule has 4 aromatic rings. The van der Waals surface area contributed by atoms with Crippen LogP contribution in [0.4, 0.5) is 22.7 Å². The van der Waals surface area contributed by atoms with E-state index in [1.807, 2.05) is 36.6 Å². The quantitative estimate of drug-likeness (QED) is 0.0696. The molecule has 4 aromatic heterocycles. The van der Waals surface area contributed by atoms with E-state index >= 15 is 0 Å². The molecule has 20 nitrogen and oxygen atoms in total. The van der Waals surface area contributed by atoms with Gasteiger partial charge in [0.15, 0.2) is 0 Å². The van der Waals surface area contributed by atoms with E-state index in [-0.39, 0.29) is 82.4 Å². The van der Waals surface area contributed by atoms with Gasteiger partial charge >= 0.3 is 23.9 Å². The number of anilines is 4. The second kappa shape index (κ2) is 37.7. The average Bonchev–Trinajstić information content (AvgIpc) is 1.67. The van der Waals surface area contributed by atoms with Crippen LogP contribution in [-0.4, -0.2) is 150 Å². The summed E-state index contributed by atoms with van der Waals surface area (Å²) in [5.41, 5.74) is 13.7. The first-order chi connectivity index (χ1) is 53.7. The molecule has 0 aromatic carbocycles. The normalized spacial score (nSPS) is 26.4. The van der Waals surface area contributed by atoms with Gasteiger partial charge in [-0.25, -0.2) is 19.2 Å². The standard InChI is InChI=1S/C28H38N2O4S.C27H36N2O4S.C20H26N2O3S.C12H15NO2S/c1-18-8-10-20(11-9-18)27(32)30(22-14-15-29-21(16-22)12-13-25(29)31)23-17-24(19-6-4-3-5-7-19)35-26(23)28(33)34-2;1-17-7-9-19(10-8-17)26(31)29(21-13-14-28-20(15-21)11-12-24(28)30)22-16-23(34-25(22)27(32)33)18-5-3-2-4-6-18;1-25-20(24)19-16(12-17(26-19)13-5-3-2-4-6-13)21-14-9-10-22-15(11-14)7-8-18(22)23;1-15-12(14)11-9(13)7-10(16-11)8-5-3-2-4-6-8/h6,17-18,20-22H,3-5,7-16H2,1-2H3;5,16-17,19-21H,2-4,6-15H2,1H3,(H,32,33);5,12,14-15,21H,2-4,6-11H2,1H3;5,7H,2-4,6,13H2,1H3. The highest BCUT2D eigenvalue weighted by Gasteiger charge is 2.46. The van der Waals surface area contributed by atoms with Crippen molar-refractivity contribution in [2.24, 2.45) is 23.7 Å². The number of amides is 5. The molecule has 8 fully saturated rings. The predicted molar refractivity (Wildman–Crippen MR) is 443 cm³/mol. The van der Waals surface area contributed by atoms with Crippen LogP contribution in [0.25, 0.3) is 22.3 Å². The monoisotopic (exact) mass is 1590 g/mol. The van der Waals surface area contributed by atoms with Crippen molar-refractivity contribution >= 4 is 144 Å². The lowest BCUT2D eigenvalue weighted by molar-refractivity contribution is -0.131. The first-order valence-electron chi connectivity index (χ1n) is 41.6. The molecule has 111 heavy (non-hydrogen) atoms. The van der Waals surface area contributed by atoms with Gasteiger partial charge in [-0.05, 0) is 270 Å². The van der Waals surface area contributed by atoms with Crippen LogP contribution in [0.3, 0.4) is 0 Å². The molecule has 6 unspecified atom stereocenters. The van der Waals surface area contributed by atoms with Crippen LogP contribution in [0.15, 0.2) is 48.6 Å². The average molecular weight is 1600 g/mol. The Hall–Kier alpha value is -7.41. The van der Waals surface area contributed by atoms with Gasteiger partial charge in [0.1, 0.15) is 19.5 Å². The molecule has 24 heteroatoms. The SMILES string of the molecule is CC1CCC(C(=O)N(c2cc(C3=CCCCC3)sc2C(=O)O)C2CCN3C(=O)CCC3C2)CC1.COC(=O)c1sc(C2=CCCCC2)cc1N.COC(=O)c1sc(C2=CCCCC2)cc1N(C(=O)C1CCC(C)CC1)C1CCN2C(=O)CCC2C1.COC(=O)c1sc(C2=CCCCC2)cc1NC1CCN2C(=O)CCC2C1. The molecule has 6 saturated heterocycles. The number of hydrogen-bond donors (Lipinski definition) is 3. The largest absolute Gasteiger partial charge is 0.477 e. The fourth-order valence-corrected chi connectivity index (χ4v) is 23.6. The lowest BCUT2D eigenvalue weighted by Gasteiger charge is -2.42. The number of carbonyl (C=O) groups excluding carboxylic acids is 8. The number of nitrogen functional groups attached to an aromatic ring is 1. The zero-order valence-corrected chi connectivity index (χ0v) is 69.0. The first-order valence-corrected chi connectivity index (χ1v) is 44.9. The molecule has 10 heterocycles. The zero-order valence-electron chi connectivity index (χ0n) is 65.8. The summed E-state index contributed by atoms with van der Waals surface area (Å²) in [6, 6.07) is 9.05. The molecule has 6 atom stereocenters. The zero-order chi connectivity index (χ0) is 78.0. The fraction of sp³-hybridized carbons (Fsp3) is 0.621. The Bertz CT molecular complexity index is 4200. The number of piperidine rings is 3. The van der Waals surface area contributed by atoms with E-state index in [9.17, 15) is 48.3 Å². The highest BCUT2D eigenvalue weighted by molar-refractivity contribution is 7.16. The number of nitrogens with two attached hydrogens (primary N) is 1. The Morgan fingerprint density at radius 2 is 0.793 bits per heavy atom. The number of allylic oxidation sites excluding steroid dienone is 8. The number of fused-ring (bicyclic) bond motifs is 3. The Labute approximate surface area is 671 Å². The van der Waals surface area contributed by atoms with Gasteiger partial charge in [-0.15, -0.1) is 45.3 Å². The number of thiophene rings is 4. The van der Waals surface area contributed by atoms with E-state index in [2.05, 4.69) is 60.3 Å². The van der Waals surface area contributed by atoms with Gasteiger partial charge in [0.25, 0.3) is 0 Å². The molecule has 5 amide bonds. The third-order valence-corrected chi connectivity index (χ3v) is 30.4. The summed E-state index contributed by atoms with van der Waals surface area (Å²) in [6.45, 7) is 6.68. The highest BCUT2D eigenvalue weighted by atomic mass is 32.1. The summed E-state index contributed by atoms with van der Waals surface area (Å²) < 4.78 is 14.9. The van der Waals surface area contributed by atoms with E-state index in [4.69, 9.17) is 15.2 Å². The van der Waals surface area contributed by atoms with Gasteiger partial charge in [-0.1, -0.05) is 38.2 Å². The van der Waals surface area contributed by atoms with Crippen LogP contribution in [0.5, 0.6) is 0 Å². The van der Waals surface area contributed by atoms with Crippen molar-refractivity contribution in [1.82, 2.24) is 14.7 Å². The number of carboxylic acids is 1. The van der Waals surface area contributed by atoms with Crippen LogP contribution in [0.2, 0.25) is 0 Å². The number of hydrogen-bond acceptors (Lipinski definition) is 18. The number of carbonyl (C=O) groups is 9. The Balaban J connectivity index is 0.000000134. The van der Waals surface area contributed by atoms with E-state index in [0.29, 0.717) is 94.6 Å². The maximum atomic E-state index is 14.2.